The van der Waals surface area contributed by atoms with Gasteiger partial charge in [0.15, 0.2) is 0 Å². The minimum Gasteiger partial charge on any atom is -0.492 e. The van der Waals surface area contributed by atoms with E-state index in [1.165, 1.54) is 0 Å². The van der Waals surface area contributed by atoms with Gasteiger partial charge in [-0.15, -0.1) is 0 Å². The summed E-state index contributed by atoms with van der Waals surface area (Å²) in [5.41, 5.74) is 1.83. The van der Waals surface area contributed by atoms with Crippen molar-refractivity contribution in [2.75, 3.05) is 6.61 Å². The molecule has 1 aliphatic heterocycles. The lowest BCUT2D eigenvalue weighted by molar-refractivity contribution is 0.0692. The minimum atomic E-state index is -0.475. The van der Waals surface area contributed by atoms with Crippen LogP contribution < -0.4 is 4.74 Å². The Kier molecular flexibility index (Phi) is 2.30. The number of hydrogen-bond acceptors (Lipinski definition) is 2. The first-order valence-electron chi connectivity index (χ1n) is 4.75. The van der Waals surface area contributed by atoms with Crippen LogP contribution in [-0.2, 0) is 0 Å². The summed E-state index contributed by atoms with van der Waals surface area (Å²) >= 11 is 0. The van der Waals surface area contributed by atoms with Crippen LogP contribution in [-0.4, -0.2) is 11.7 Å². The molecule has 0 radical (unpaired) electrons. The molecule has 0 amide bonds. The van der Waals surface area contributed by atoms with E-state index in [-0.39, 0.29) is 5.92 Å². The third-order valence-electron chi connectivity index (χ3n) is 2.67. The number of benzene rings is 1. The second-order valence-corrected chi connectivity index (χ2v) is 3.75. The van der Waals surface area contributed by atoms with Crippen LogP contribution in [0.25, 0.3) is 0 Å². The molecular weight excluding hydrogens is 176 g/mol. The zero-order valence-corrected chi connectivity index (χ0v) is 8.23. The fraction of sp³-hybridized carbons (Fsp3) is 0.333. The summed E-state index contributed by atoms with van der Waals surface area (Å²) in [6.45, 7) is 6.31. The lowest BCUT2D eigenvalue weighted by atomic mass is 9.89. The van der Waals surface area contributed by atoms with Gasteiger partial charge in [0.05, 0.1) is 12.7 Å². The van der Waals surface area contributed by atoms with Gasteiger partial charge in [-0.3, -0.25) is 0 Å². The number of hydrogen-bond donors (Lipinski definition) is 1. The lowest BCUT2D eigenvalue weighted by Gasteiger charge is -2.30. The predicted molar refractivity (Wildman–Crippen MR) is 55.2 cm³/mol. The molecule has 1 aromatic carbocycles. The highest BCUT2D eigenvalue weighted by Crippen LogP contribution is 2.37. The highest BCUT2D eigenvalue weighted by Gasteiger charge is 2.29. The third kappa shape index (κ3) is 1.42. The summed E-state index contributed by atoms with van der Waals surface area (Å²) in [7, 11) is 0. The van der Waals surface area contributed by atoms with Crippen molar-refractivity contribution in [3.05, 3.63) is 42.0 Å². The maximum absolute atomic E-state index is 10.1. The molecule has 1 N–H and O–H groups in total. The van der Waals surface area contributed by atoms with Crippen LogP contribution in [0.5, 0.6) is 5.75 Å². The third-order valence-corrected chi connectivity index (χ3v) is 2.67. The molecule has 0 spiro atoms. The van der Waals surface area contributed by atoms with Gasteiger partial charge in [0.25, 0.3) is 0 Å². The summed E-state index contributed by atoms with van der Waals surface area (Å²) in [6, 6.07) is 7.60. The molecule has 0 aromatic heterocycles. The number of para-hydroxylation sites is 1. The Morgan fingerprint density at radius 1 is 1.50 bits per heavy atom. The maximum atomic E-state index is 10.1. The molecule has 0 fully saturated rings. The molecule has 74 valence electrons. The Hall–Kier alpha value is -1.28. The minimum absolute atomic E-state index is 0.0184. The van der Waals surface area contributed by atoms with Crippen molar-refractivity contribution < 1.29 is 9.84 Å². The maximum Gasteiger partial charge on any atom is 0.125 e. The molecule has 2 rings (SSSR count). The van der Waals surface area contributed by atoms with Gasteiger partial charge in [-0.1, -0.05) is 30.4 Å². The molecular formula is C12H14O2. The highest BCUT2D eigenvalue weighted by molar-refractivity contribution is 5.38. The van der Waals surface area contributed by atoms with E-state index < -0.39 is 6.10 Å². The van der Waals surface area contributed by atoms with Gasteiger partial charge in [-0.05, 0) is 13.0 Å². The smallest absolute Gasteiger partial charge is 0.125 e. The van der Waals surface area contributed by atoms with Gasteiger partial charge in [0.2, 0.25) is 0 Å². The zero-order chi connectivity index (χ0) is 10.1. The number of aliphatic hydroxyl groups is 1. The van der Waals surface area contributed by atoms with E-state index in [9.17, 15) is 5.11 Å². The van der Waals surface area contributed by atoms with E-state index in [1.54, 1.807) is 0 Å². The molecule has 0 aliphatic carbocycles. The molecule has 2 nitrogen and oxygen atoms in total. The summed E-state index contributed by atoms with van der Waals surface area (Å²) in [5, 5.41) is 10.1. The molecule has 0 saturated heterocycles. The monoisotopic (exact) mass is 190 g/mol. The number of ether oxygens (including phenoxy) is 1. The highest BCUT2D eigenvalue weighted by atomic mass is 16.5. The molecule has 0 bridgehead atoms. The lowest BCUT2D eigenvalue weighted by Crippen LogP contribution is -2.26. The first kappa shape index (κ1) is 9.28. The standard InChI is InChI=1S/C12H14O2/c1-8(2)10-7-14-11-6-4-3-5-9(11)12(10)13/h3-6,10,12-13H,1,7H2,2H3/t10-,12+/m1/s1. The molecule has 2 heteroatoms. The molecule has 1 aliphatic rings. The van der Waals surface area contributed by atoms with Crippen molar-refractivity contribution in [2.24, 2.45) is 5.92 Å². The fourth-order valence-electron chi connectivity index (χ4n) is 1.76. The summed E-state index contributed by atoms with van der Waals surface area (Å²) in [5.74, 6) is 0.808. The van der Waals surface area contributed by atoms with Crippen molar-refractivity contribution >= 4 is 0 Å². The molecule has 2 atom stereocenters. The van der Waals surface area contributed by atoms with Crippen molar-refractivity contribution in [3.63, 3.8) is 0 Å². The quantitative estimate of drug-likeness (QED) is 0.688. The SMILES string of the molecule is C=C(C)[C@H]1COc2ccccc2[C@@H]1O. The summed E-state index contributed by atoms with van der Waals surface area (Å²) < 4.78 is 5.55. The normalized spacial score (nSPS) is 25.0. The topological polar surface area (TPSA) is 29.5 Å². The van der Waals surface area contributed by atoms with E-state index in [1.807, 2.05) is 31.2 Å². The van der Waals surface area contributed by atoms with Crippen LogP contribution >= 0.6 is 0 Å². The van der Waals surface area contributed by atoms with E-state index >= 15 is 0 Å². The van der Waals surface area contributed by atoms with Crippen molar-refractivity contribution in [1.82, 2.24) is 0 Å². The molecule has 0 saturated carbocycles. The van der Waals surface area contributed by atoms with Crippen LogP contribution in [0.2, 0.25) is 0 Å². The van der Waals surface area contributed by atoms with Crippen molar-refractivity contribution in [3.8, 4) is 5.75 Å². The average Bonchev–Trinajstić information content (AvgIpc) is 2.18. The Morgan fingerprint density at radius 2 is 2.21 bits per heavy atom. The van der Waals surface area contributed by atoms with Gasteiger partial charge in [0.1, 0.15) is 5.75 Å². The Morgan fingerprint density at radius 3 is 2.93 bits per heavy atom. The first-order valence-corrected chi connectivity index (χ1v) is 4.75. The van der Waals surface area contributed by atoms with E-state index in [0.717, 1.165) is 16.9 Å². The molecule has 1 aromatic rings. The zero-order valence-electron chi connectivity index (χ0n) is 8.23. The Labute approximate surface area is 83.8 Å². The van der Waals surface area contributed by atoms with Gasteiger partial charge in [-0.25, -0.2) is 0 Å². The van der Waals surface area contributed by atoms with Gasteiger partial charge < -0.3 is 9.84 Å². The average molecular weight is 190 g/mol. The van der Waals surface area contributed by atoms with Crippen LogP contribution in [0.3, 0.4) is 0 Å². The summed E-state index contributed by atoms with van der Waals surface area (Å²) in [4.78, 5) is 0. The number of fused-ring (bicyclic) bond motifs is 1. The van der Waals surface area contributed by atoms with Gasteiger partial charge >= 0.3 is 0 Å². The van der Waals surface area contributed by atoms with Crippen LogP contribution in [0.4, 0.5) is 0 Å². The molecule has 1 heterocycles. The van der Waals surface area contributed by atoms with E-state index in [0.29, 0.717) is 6.61 Å². The summed E-state index contributed by atoms with van der Waals surface area (Å²) in [6.07, 6.45) is -0.475. The van der Waals surface area contributed by atoms with Crippen molar-refractivity contribution in [1.29, 1.82) is 0 Å². The number of aliphatic hydroxyl groups excluding tert-OH is 1. The van der Waals surface area contributed by atoms with E-state index in [4.69, 9.17) is 4.74 Å². The van der Waals surface area contributed by atoms with Crippen molar-refractivity contribution in [2.45, 2.75) is 13.0 Å². The predicted octanol–water partition coefficient (Wildman–Crippen LogP) is 2.30. The number of rotatable bonds is 1. The first-order chi connectivity index (χ1) is 6.70. The second kappa shape index (κ2) is 3.46. The molecule has 14 heavy (non-hydrogen) atoms. The van der Waals surface area contributed by atoms with Crippen LogP contribution in [0.15, 0.2) is 36.4 Å². The Bertz CT molecular complexity index is 357. The molecule has 0 unspecified atom stereocenters. The fourth-order valence-corrected chi connectivity index (χ4v) is 1.76. The van der Waals surface area contributed by atoms with E-state index in [2.05, 4.69) is 6.58 Å². The van der Waals surface area contributed by atoms with Gasteiger partial charge in [-0.2, -0.15) is 0 Å². The van der Waals surface area contributed by atoms with Gasteiger partial charge in [0, 0.05) is 11.5 Å². The second-order valence-electron chi connectivity index (χ2n) is 3.75. The van der Waals surface area contributed by atoms with Crippen LogP contribution in [0, 0.1) is 5.92 Å². The largest absolute Gasteiger partial charge is 0.492 e. The Balaban J connectivity index is 2.36. The van der Waals surface area contributed by atoms with Crippen LogP contribution in [0.1, 0.15) is 18.6 Å².